The number of imidazole rings is 1. The van der Waals surface area contributed by atoms with E-state index in [2.05, 4.69) is 9.97 Å². The fraction of sp³-hybridized carbons (Fsp3) is 0. The molecule has 114 valence electrons. The number of nitrogens with one attached hydrogen (secondary N) is 1. The molecule has 0 spiro atoms. The van der Waals surface area contributed by atoms with Gasteiger partial charge in [-0.05, 0) is 35.9 Å². The summed E-state index contributed by atoms with van der Waals surface area (Å²) in [6.45, 7) is 0. The second-order valence-corrected chi connectivity index (χ2v) is 5.17. The molecule has 3 rings (SSSR count). The lowest BCUT2D eigenvalue weighted by molar-refractivity contribution is -0.384. The van der Waals surface area contributed by atoms with Gasteiger partial charge in [-0.2, -0.15) is 0 Å². The van der Waals surface area contributed by atoms with Crippen LogP contribution >= 0.6 is 11.6 Å². The van der Waals surface area contributed by atoms with Gasteiger partial charge in [0.05, 0.1) is 21.0 Å². The van der Waals surface area contributed by atoms with Crippen molar-refractivity contribution in [3.8, 4) is 0 Å². The zero-order chi connectivity index (χ0) is 16.4. The van der Waals surface area contributed by atoms with Crippen LogP contribution in [0.2, 0.25) is 5.02 Å². The number of fused-ring (bicyclic) bond motifs is 1. The van der Waals surface area contributed by atoms with Crippen molar-refractivity contribution >= 4 is 40.2 Å². The maximum absolute atomic E-state index is 12.1. The first-order valence-electron chi connectivity index (χ1n) is 6.66. The SMILES string of the molecule is O=C(C=Cc1ccc([N+](=O)[O-])cc1Cl)c1nc2ccccc2[nH]1. The Morgan fingerprint density at radius 1 is 1.26 bits per heavy atom. The van der Waals surface area contributed by atoms with Crippen molar-refractivity contribution in [1.29, 1.82) is 0 Å². The molecular formula is C16H10ClN3O3. The van der Waals surface area contributed by atoms with Gasteiger partial charge in [0.15, 0.2) is 5.82 Å². The number of aromatic nitrogens is 2. The number of carbonyl (C=O) groups excluding carboxylic acids is 1. The van der Waals surface area contributed by atoms with Crippen LogP contribution in [0, 0.1) is 10.1 Å². The molecule has 1 heterocycles. The van der Waals surface area contributed by atoms with Crippen molar-refractivity contribution in [2.24, 2.45) is 0 Å². The number of benzene rings is 2. The van der Waals surface area contributed by atoms with E-state index in [9.17, 15) is 14.9 Å². The van der Waals surface area contributed by atoms with E-state index in [4.69, 9.17) is 11.6 Å². The summed E-state index contributed by atoms with van der Waals surface area (Å²) in [6.07, 6.45) is 2.83. The van der Waals surface area contributed by atoms with E-state index in [1.54, 1.807) is 6.07 Å². The number of rotatable bonds is 4. The van der Waals surface area contributed by atoms with E-state index in [0.29, 0.717) is 11.1 Å². The number of aromatic amines is 1. The van der Waals surface area contributed by atoms with Crippen LogP contribution in [0.5, 0.6) is 0 Å². The Morgan fingerprint density at radius 2 is 2.04 bits per heavy atom. The highest BCUT2D eigenvalue weighted by atomic mass is 35.5. The zero-order valence-electron chi connectivity index (χ0n) is 11.7. The lowest BCUT2D eigenvalue weighted by atomic mass is 10.1. The minimum absolute atomic E-state index is 0.101. The second-order valence-electron chi connectivity index (χ2n) is 4.76. The number of hydrogen-bond donors (Lipinski definition) is 1. The highest BCUT2D eigenvalue weighted by molar-refractivity contribution is 6.32. The Labute approximate surface area is 135 Å². The molecule has 0 aliphatic carbocycles. The van der Waals surface area contributed by atoms with Gasteiger partial charge >= 0.3 is 0 Å². The number of ketones is 1. The van der Waals surface area contributed by atoms with E-state index in [1.807, 2.05) is 18.2 Å². The maximum Gasteiger partial charge on any atom is 0.270 e. The summed E-state index contributed by atoms with van der Waals surface area (Å²) in [5.41, 5.74) is 1.90. The maximum atomic E-state index is 12.1. The van der Waals surface area contributed by atoms with Gasteiger partial charge in [-0.3, -0.25) is 14.9 Å². The van der Waals surface area contributed by atoms with Crippen LogP contribution in [0.15, 0.2) is 48.5 Å². The summed E-state index contributed by atoms with van der Waals surface area (Å²) >= 11 is 5.98. The molecule has 0 saturated carbocycles. The number of carbonyl (C=O) groups is 1. The summed E-state index contributed by atoms with van der Waals surface area (Å²) in [5.74, 6) is -0.0869. The van der Waals surface area contributed by atoms with Crippen molar-refractivity contribution < 1.29 is 9.72 Å². The molecule has 0 fully saturated rings. The van der Waals surface area contributed by atoms with Crippen molar-refractivity contribution in [3.05, 3.63) is 75.1 Å². The summed E-state index contributed by atoms with van der Waals surface area (Å²) in [4.78, 5) is 29.4. The van der Waals surface area contributed by atoms with E-state index in [1.165, 1.54) is 30.4 Å². The third kappa shape index (κ3) is 3.12. The Kier molecular flexibility index (Phi) is 3.91. The number of non-ortho nitro benzene ring substituents is 1. The van der Waals surface area contributed by atoms with Gasteiger partial charge in [-0.15, -0.1) is 0 Å². The van der Waals surface area contributed by atoms with Crippen LogP contribution in [0.4, 0.5) is 5.69 Å². The predicted molar refractivity (Wildman–Crippen MR) is 87.6 cm³/mol. The molecule has 1 N–H and O–H groups in total. The first-order valence-corrected chi connectivity index (χ1v) is 7.03. The van der Waals surface area contributed by atoms with Crippen LogP contribution in [-0.2, 0) is 0 Å². The molecule has 0 aliphatic heterocycles. The topological polar surface area (TPSA) is 88.9 Å². The first-order chi connectivity index (χ1) is 11.0. The van der Waals surface area contributed by atoms with Crippen LogP contribution in [0.1, 0.15) is 16.2 Å². The van der Waals surface area contributed by atoms with Crippen LogP contribution < -0.4 is 0 Å². The van der Waals surface area contributed by atoms with Crippen LogP contribution in [0.3, 0.4) is 0 Å². The average Bonchev–Trinajstić information content (AvgIpc) is 2.97. The van der Waals surface area contributed by atoms with Crippen molar-refractivity contribution in [2.45, 2.75) is 0 Å². The van der Waals surface area contributed by atoms with E-state index in [-0.39, 0.29) is 22.3 Å². The summed E-state index contributed by atoms with van der Waals surface area (Å²) in [5, 5.41) is 10.9. The van der Waals surface area contributed by atoms with E-state index < -0.39 is 4.92 Å². The fourth-order valence-corrected chi connectivity index (χ4v) is 2.32. The number of allylic oxidation sites excluding steroid dienone is 1. The normalized spacial score (nSPS) is 11.2. The molecule has 23 heavy (non-hydrogen) atoms. The fourth-order valence-electron chi connectivity index (χ4n) is 2.08. The molecule has 0 radical (unpaired) electrons. The van der Waals surface area contributed by atoms with Gasteiger partial charge in [0.1, 0.15) is 0 Å². The molecule has 0 bridgehead atoms. The molecule has 2 aromatic carbocycles. The molecule has 0 amide bonds. The minimum atomic E-state index is -0.529. The van der Waals surface area contributed by atoms with Crippen molar-refractivity contribution in [1.82, 2.24) is 9.97 Å². The molecule has 0 saturated heterocycles. The molecular weight excluding hydrogens is 318 g/mol. The minimum Gasteiger partial charge on any atom is -0.335 e. The largest absolute Gasteiger partial charge is 0.335 e. The van der Waals surface area contributed by atoms with Gasteiger partial charge < -0.3 is 4.98 Å². The van der Waals surface area contributed by atoms with Crippen molar-refractivity contribution in [2.75, 3.05) is 0 Å². The van der Waals surface area contributed by atoms with Crippen LogP contribution in [-0.4, -0.2) is 20.7 Å². The molecule has 3 aromatic rings. The van der Waals surface area contributed by atoms with Gasteiger partial charge in [0.25, 0.3) is 5.69 Å². The third-order valence-electron chi connectivity index (χ3n) is 3.23. The highest BCUT2D eigenvalue weighted by Crippen LogP contribution is 2.23. The number of halogens is 1. The monoisotopic (exact) mass is 327 g/mol. The Hall–Kier alpha value is -2.99. The molecule has 0 atom stereocenters. The first kappa shape index (κ1) is 14.9. The highest BCUT2D eigenvalue weighted by Gasteiger charge is 2.10. The number of H-pyrrole nitrogens is 1. The summed E-state index contributed by atoms with van der Waals surface area (Å²) in [6, 6.07) is 11.4. The number of nitrogens with zero attached hydrogens (tertiary/aromatic N) is 2. The summed E-state index contributed by atoms with van der Waals surface area (Å²) < 4.78 is 0. The number of hydrogen-bond acceptors (Lipinski definition) is 4. The average molecular weight is 328 g/mol. The predicted octanol–water partition coefficient (Wildman–Crippen LogP) is 4.02. The summed E-state index contributed by atoms with van der Waals surface area (Å²) in [7, 11) is 0. The van der Waals surface area contributed by atoms with E-state index >= 15 is 0 Å². The lowest BCUT2D eigenvalue weighted by Gasteiger charge is -1.97. The molecule has 1 aromatic heterocycles. The smallest absolute Gasteiger partial charge is 0.270 e. The zero-order valence-corrected chi connectivity index (χ0v) is 12.4. The molecule has 6 nitrogen and oxygen atoms in total. The number of nitro benzene ring substituents is 1. The standard InChI is InChI=1S/C16H10ClN3O3/c17-12-9-11(20(22)23)7-5-10(12)6-8-15(21)16-18-13-3-1-2-4-14(13)19-16/h1-9H,(H,18,19). The molecule has 0 aliphatic rings. The quantitative estimate of drug-likeness (QED) is 0.339. The molecule has 0 unspecified atom stereocenters. The van der Waals surface area contributed by atoms with Gasteiger partial charge in [0, 0.05) is 12.1 Å². The second kappa shape index (κ2) is 6.02. The molecule has 7 heteroatoms. The Bertz CT molecular complexity index is 914. The Morgan fingerprint density at radius 3 is 2.74 bits per heavy atom. The number of nitro groups is 1. The third-order valence-corrected chi connectivity index (χ3v) is 3.56. The Balaban J connectivity index is 1.84. The van der Waals surface area contributed by atoms with Crippen molar-refractivity contribution in [3.63, 3.8) is 0 Å². The van der Waals surface area contributed by atoms with Crippen LogP contribution in [0.25, 0.3) is 17.1 Å². The van der Waals surface area contributed by atoms with Gasteiger partial charge in [-0.1, -0.05) is 23.7 Å². The number of para-hydroxylation sites is 2. The van der Waals surface area contributed by atoms with Gasteiger partial charge in [-0.25, -0.2) is 4.98 Å². The van der Waals surface area contributed by atoms with Gasteiger partial charge in [0.2, 0.25) is 5.78 Å². The lowest BCUT2D eigenvalue weighted by Crippen LogP contribution is -1.96. The van der Waals surface area contributed by atoms with E-state index in [0.717, 1.165) is 5.52 Å².